The monoisotopic (exact) mass is 437 g/mol. The second-order valence-electron chi connectivity index (χ2n) is 7.06. The highest BCUT2D eigenvalue weighted by molar-refractivity contribution is 5.95. The molecule has 2 unspecified atom stereocenters. The van der Waals surface area contributed by atoms with Crippen LogP contribution < -0.4 is 16.2 Å². The number of ether oxygens (including phenoxy) is 1. The molecular formula is C19H18F3N5O4. The molecule has 1 aliphatic heterocycles. The van der Waals surface area contributed by atoms with Gasteiger partial charge >= 0.3 is 18.2 Å². The van der Waals surface area contributed by atoms with E-state index in [9.17, 15) is 27.6 Å². The molecule has 1 saturated heterocycles. The maximum atomic E-state index is 12.7. The molecule has 1 aliphatic rings. The lowest BCUT2D eigenvalue weighted by Gasteiger charge is -2.23. The normalized spacial score (nSPS) is 17.4. The van der Waals surface area contributed by atoms with Crippen molar-refractivity contribution in [3.8, 4) is 11.8 Å². The number of rotatable bonds is 4. The van der Waals surface area contributed by atoms with Crippen molar-refractivity contribution in [1.29, 1.82) is 5.26 Å². The first-order valence-corrected chi connectivity index (χ1v) is 9.21. The quantitative estimate of drug-likeness (QED) is 0.547. The van der Waals surface area contributed by atoms with Gasteiger partial charge in [0.15, 0.2) is 0 Å². The number of nitrogens with zero attached hydrogens (tertiary/aromatic N) is 3. The molecule has 3 rings (SSSR count). The number of benzene rings is 1. The fourth-order valence-electron chi connectivity index (χ4n) is 3.55. The maximum absolute atomic E-state index is 12.7. The van der Waals surface area contributed by atoms with Crippen molar-refractivity contribution in [2.75, 3.05) is 6.54 Å². The van der Waals surface area contributed by atoms with Crippen molar-refractivity contribution in [3.63, 3.8) is 0 Å². The van der Waals surface area contributed by atoms with Gasteiger partial charge in [-0.15, -0.1) is 0 Å². The van der Waals surface area contributed by atoms with E-state index >= 15 is 0 Å². The molecule has 9 nitrogen and oxygen atoms in total. The van der Waals surface area contributed by atoms with Gasteiger partial charge in [0, 0.05) is 18.1 Å². The highest BCUT2D eigenvalue weighted by Gasteiger charge is 2.41. The van der Waals surface area contributed by atoms with Crippen LogP contribution in [0.3, 0.4) is 0 Å². The number of esters is 1. The molecule has 0 saturated carbocycles. The van der Waals surface area contributed by atoms with Crippen LogP contribution in [0.25, 0.3) is 10.9 Å². The highest BCUT2D eigenvalue weighted by Crippen LogP contribution is 2.29. The fraction of sp³-hybridized carbons (Fsp3) is 0.368. The van der Waals surface area contributed by atoms with Crippen molar-refractivity contribution in [2.45, 2.75) is 37.5 Å². The van der Waals surface area contributed by atoms with E-state index in [1.165, 1.54) is 17.2 Å². The Kier molecular flexibility index (Phi) is 5.90. The van der Waals surface area contributed by atoms with Crippen LogP contribution in [0.1, 0.15) is 18.4 Å². The Balaban J connectivity index is 1.92. The summed E-state index contributed by atoms with van der Waals surface area (Å²) in [4.78, 5) is 36.9. The van der Waals surface area contributed by atoms with Gasteiger partial charge in [-0.1, -0.05) is 0 Å². The Morgan fingerprint density at radius 1 is 1.32 bits per heavy atom. The van der Waals surface area contributed by atoms with E-state index < -0.39 is 41.9 Å². The van der Waals surface area contributed by atoms with Gasteiger partial charge in [0.25, 0.3) is 0 Å². The van der Waals surface area contributed by atoms with Gasteiger partial charge in [0.1, 0.15) is 11.8 Å². The lowest BCUT2D eigenvalue weighted by molar-refractivity contribution is -0.189. The summed E-state index contributed by atoms with van der Waals surface area (Å²) in [5.74, 6) is -3.25. The van der Waals surface area contributed by atoms with E-state index in [-0.39, 0.29) is 17.3 Å². The first kappa shape index (κ1) is 22.1. The number of nitriles is 1. The molecular weight excluding hydrogens is 419 g/mol. The van der Waals surface area contributed by atoms with Crippen LogP contribution in [0.2, 0.25) is 0 Å². The number of aromatic nitrogens is 1. The molecule has 0 aliphatic carbocycles. The van der Waals surface area contributed by atoms with Gasteiger partial charge in [-0.2, -0.15) is 18.4 Å². The van der Waals surface area contributed by atoms with E-state index in [4.69, 9.17) is 16.7 Å². The number of carbonyl (C=O) groups is 3. The maximum Gasteiger partial charge on any atom is 0.491 e. The first-order valence-electron chi connectivity index (χ1n) is 9.21. The standard InChI is InChI=1S/C19H18F3N5O4/c20-19(21,22)17(29)31-12-3-4-15-13(7-12)10(9-27(15)18(25)30)6-14(24)16(28)26-5-1-2-11(26)8-23/h3-4,7,9,11,14H,1-2,5-6,24H2,(H2,25,30). The molecule has 1 aromatic heterocycles. The summed E-state index contributed by atoms with van der Waals surface area (Å²) < 4.78 is 42.8. The van der Waals surface area contributed by atoms with E-state index in [1.54, 1.807) is 0 Å². The first-order chi connectivity index (χ1) is 14.5. The molecule has 1 fully saturated rings. The van der Waals surface area contributed by atoms with Gasteiger partial charge in [-0.25, -0.2) is 9.59 Å². The topological polar surface area (TPSA) is 144 Å². The van der Waals surface area contributed by atoms with Crippen molar-refractivity contribution in [3.05, 3.63) is 30.0 Å². The zero-order valence-corrected chi connectivity index (χ0v) is 16.1. The summed E-state index contributed by atoms with van der Waals surface area (Å²) in [6, 6.07) is 3.03. The Labute approximate surface area is 173 Å². The predicted molar refractivity (Wildman–Crippen MR) is 101 cm³/mol. The van der Waals surface area contributed by atoms with Crippen LogP contribution in [0.5, 0.6) is 5.75 Å². The van der Waals surface area contributed by atoms with Gasteiger partial charge in [-0.05, 0) is 43.0 Å². The summed E-state index contributed by atoms with van der Waals surface area (Å²) in [7, 11) is 0. The molecule has 0 bridgehead atoms. The average molecular weight is 437 g/mol. The van der Waals surface area contributed by atoms with Crippen molar-refractivity contribution in [1.82, 2.24) is 9.47 Å². The Bertz CT molecular complexity index is 1090. The number of amides is 2. The number of alkyl halides is 3. The number of primary amides is 1. The number of likely N-dealkylation sites (tertiary alicyclic amines) is 1. The van der Waals surface area contributed by atoms with E-state index in [1.807, 2.05) is 6.07 Å². The van der Waals surface area contributed by atoms with Gasteiger partial charge in [-0.3, -0.25) is 9.36 Å². The van der Waals surface area contributed by atoms with Crippen LogP contribution in [-0.4, -0.2) is 52.2 Å². The molecule has 1 aromatic carbocycles. The minimum Gasteiger partial charge on any atom is -0.420 e. The number of carbonyl (C=O) groups excluding carboxylic acids is 3. The summed E-state index contributed by atoms with van der Waals surface area (Å²) in [5, 5.41) is 9.40. The van der Waals surface area contributed by atoms with E-state index in [2.05, 4.69) is 4.74 Å². The third kappa shape index (κ3) is 4.46. The number of halogens is 3. The van der Waals surface area contributed by atoms with E-state index in [0.717, 1.165) is 16.7 Å². The number of nitrogens with two attached hydrogens (primary N) is 2. The van der Waals surface area contributed by atoms with Crippen LogP contribution in [0, 0.1) is 11.3 Å². The second-order valence-corrected chi connectivity index (χ2v) is 7.06. The third-order valence-corrected chi connectivity index (χ3v) is 4.98. The number of hydrogen-bond donors (Lipinski definition) is 2. The van der Waals surface area contributed by atoms with Crippen LogP contribution in [-0.2, 0) is 16.0 Å². The zero-order valence-electron chi connectivity index (χ0n) is 16.1. The third-order valence-electron chi connectivity index (χ3n) is 4.98. The number of hydrogen-bond acceptors (Lipinski definition) is 6. The summed E-state index contributed by atoms with van der Waals surface area (Å²) in [6.07, 6.45) is -2.73. The van der Waals surface area contributed by atoms with Crippen molar-refractivity contribution in [2.24, 2.45) is 11.5 Å². The molecule has 164 valence electrons. The number of fused-ring (bicyclic) bond motifs is 1. The molecule has 0 spiro atoms. The zero-order chi connectivity index (χ0) is 22.9. The molecule has 2 amide bonds. The minimum absolute atomic E-state index is 0.0824. The van der Waals surface area contributed by atoms with Crippen molar-refractivity contribution < 1.29 is 32.3 Å². The Hall–Kier alpha value is -3.59. The SMILES string of the molecule is N#CC1CCCN1C(=O)C(N)Cc1cn(C(N)=O)c2ccc(OC(=O)C(F)(F)F)cc12. The molecule has 4 N–H and O–H groups in total. The summed E-state index contributed by atoms with van der Waals surface area (Å²) in [6.45, 7) is 0.394. The molecule has 2 atom stereocenters. The Morgan fingerprint density at radius 3 is 2.65 bits per heavy atom. The molecule has 0 radical (unpaired) electrons. The van der Waals surface area contributed by atoms with Crippen LogP contribution in [0.4, 0.5) is 18.0 Å². The molecule has 2 aromatic rings. The molecule has 31 heavy (non-hydrogen) atoms. The fourth-order valence-corrected chi connectivity index (χ4v) is 3.55. The summed E-state index contributed by atoms with van der Waals surface area (Å²) >= 11 is 0. The minimum atomic E-state index is -5.18. The largest absolute Gasteiger partial charge is 0.491 e. The second kappa shape index (κ2) is 8.27. The molecule has 2 heterocycles. The van der Waals surface area contributed by atoms with Crippen molar-refractivity contribution >= 4 is 28.8 Å². The van der Waals surface area contributed by atoms with Gasteiger partial charge < -0.3 is 21.1 Å². The molecule has 12 heteroatoms. The summed E-state index contributed by atoms with van der Waals surface area (Å²) in [5.41, 5.74) is 12.0. The van der Waals surface area contributed by atoms with Gasteiger partial charge in [0.05, 0.1) is 17.6 Å². The van der Waals surface area contributed by atoms with Crippen LogP contribution in [0.15, 0.2) is 24.4 Å². The van der Waals surface area contributed by atoms with Crippen LogP contribution >= 0.6 is 0 Å². The smallest absolute Gasteiger partial charge is 0.420 e. The highest BCUT2D eigenvalue weighted by atomic mass is 19.4. The average Bonchev–Trinajstić information content (AvgIpc) is 3.31. The van der Waals surface area contributed by atoms with E-state index in [0.29, 0.717) is 24.9 Å². The predicted octanol–water partition coefficient (Wildman–Crippen LogP) is 1.42. The Morgan fingerprint density at radius 2 is 2.03 bits per heavy atom. The lowest BCUT2D eigenvalue weighted by Crippen LogP contribution is -2.46. The lowest BCUT2D eigenvalue weighted by atomic mass is 10.0. The van der Waals surface area contributed by atoms with Gasteiger partial charge in [0.2, 0.25) is 5.91 Å².